The molecule has 0 amide bonds. The van der Waals surface area contributed by atoms with Crippen LogP contribution < -0.4 is 17.0 Å². The topological polar surface area (TPSA) is 37.3 Å². The molecule has 0 radical (unpaired) electrons. The van der Waals surface area contributed by atoms with Gasteiger partial charge in [0.05, 0.1) is 0 Å². The molecule has 0 aliphatic heterocycles. The minimum Gasteiger partial charge on any atom is -1.00 e. The monoisotopic (exact) mass is 294 g/mol. The summed E-state index contributed by atoms with van der Waals surface area (Å²) in [4.78, 5) is 9.90. The summed E-state index contributed by atoms with van der Waals surface area (Å²) in [6.07, 6.45) is 19.5. The van der Waals surface area contributed by atoms with Gasteiger partial charge >= 0.3 is 23.1 Å². The molecule has 0 aromatic heterocycles. The van der Waals surface area contributed by atoms with Gasteiger partial charge in [-0.15, -0.1) is 6.42 Å². The van der Waals surface area contributed by atoms with Crippen molar-refractivity contribution in [3.63, 3.8) is 0 Å². The molecule has 0 unspecified atom stereocenters. The third-order valence-corrected chi connectivity index (χ3v) is 2.36. The van der Waals surface area contributed by atoms with E-state index in [1.807, 2.05) is 0 Å². The summed E-state index contributed by atoms with van der Waals surface area (Å²) in [6.45, 7) is 0. The van der Waals surface area contributed by atoms with Crippen molar-refractivity contribution in [2.24, 2.45) is 0 Å². The molecule has 2 nitrogen and oxygen atoms in total. The Kier molecular flexibility index (Phi) is 15.3. The quantitative estimate of drug-likeness (QED) is 0.322. The van der Waals surface area contributed by atoms with Crippen molar-refractivity contribution in [3.8, 4) is 18.8 Å². The van der Waals surface area contributed by atoms with E-state index >= 15 is 0 Å². The van der Waals surface area contributed by atoms with Gasteiger partial charge in [-0.05, 0) is 25.7 Å². The van der Waals surface area contributed by atoms with Crippen LogP contribution >= 0.6 is 0 Å². The standard InChI is InChI=1S/C6H8O.C4H6O.C2H.BrH.Mg/c1-2-6(7)4-3-5-6;5-4-2-1-3-4;1-2;;/h1,7H,3-5H2;1-3H2;1H;1H;/q;;-1;;+2/p-1. The summed E-state index contributed by atoms with van der Waals surface area (Å²) >= 11 is 0. The molecule has 2 rings (SSSR count). The Morgan fingerprint density at radius 2 is 1.62 bits per heavy atom. The zero-order chi connectivity index (χ0) is 11.0. The average molecular weight is 295 g/mol. The van der Waals surface area contributed by atoms with Crippen LogP contribution in [0, 0.1) is 25.2 Å². The van der Waals surface area contributed by atoms with E-state index in [-0.39, 0.29) is 40.0 Å². The van der Waals surface area contributed by atoms with Crippen molar-refractivity contribution in [3.05, 3.63) is 6.42 Å². The SMILES string of the molecule is C#CC1(O)CCC1.O=C1CCC1.[Br-].[C-]#C.[Mg+2]. The molecule has 2 aliphatic rings. The Bertz CT molecular complexity index is 245. The van der Waals surface area contributed by atoms with Gasteiger partial charge in [0.15, 0.2) is 0 Å². The molecule has 2 aliphatic carbocycles. The normalized spacial score (nSPS) is 18.0. The third kappa shape index (κ3) is 8.18. The maximum Gasteiger partial charge on any atom is 2.00 e. The van der Waals surface area contributed by atoms with E-state index in [1.54, 1.807) is 0 Å². The van der Waals surface area contributed by atoms with Crippen molar-refractivity contribution in [2.45, 2.75) is 44.1 Å². The van der Waals surface area contributed by atoms with Crippen molar-refractivity contribution >= 4 is 28.8 Å². The fraction of sp³-hybridized carbons (Fsp3) is 0.583. The van der Waals surface area contributed by atoms with Crippen LogP contribution in [-0.4, -0.2) is 39.5 Å². The molecule has 0 bridgehead atoms. The number of halogens is 1. The van der Waals surface area contributed by atoms with Crippen LogP contribution in [0.25, 0.3) is 0 Å². The first-order chi connectivity index (χ1) is 6.66. The Morgan fingerprint density at radius 1 is 1.25 bits per heavy atom. The van der Waals surface area contributed by atoms with Gasteiger partial charge < -0.3 is 34.9 Å². The molecule has 16 heavy (non-hydrogen) atoms. The summed E-state index contributed by atoms with van der Waals surface area (Å²) in [6, 6.07) is 0. The van der Waals surface area contributed by atoms with Gasteiger partial charge in [-0.1, -0.05) is 5.92 Å². The number of carbonyl (C=O) groups is 1. The Labute approximate surface area is 124 Å². The molecule has 84 valence electrons. The second-order valence-corrected chi connectivity index (χ2v) is 3.42. The molecule has 0 aromatic carbocycles. The van der Waals surface area contributed by atoms with Crippen LogP contribution in [0.1, 0.15) is 38.5 Å². The number of carbonyl (C=O) groups excluding carboxylic acids is 1. The van der Waals surface area contributed by atoms with E-state index in [0.29, 0.717) is 5.78 Å². The molecule has 0 aromatic rings. The van der Waals surface area contributed by atoms with Crippen LogP contribution in [0.4, 0.5) is 0 Å². The van der Waals surface area contributed by atoms with Gasteiger partial charge in [-0.3, -0.25) is 4.79 Å². The number of hydrogen-bond acceptors (Lipinski definition) is 2. The predicted octanol–water partition coefficient (Wildman–Crippen LogP) is -1.90. The largest absolute Gasteiger partial charge is 2.00 e. The van der Waals surface area contributed by atoms with Crippen molar-refractivity contribution < 1.29 is 26.9 Å². The zero-order valence-corrected chi connectivity index (χ0v) is 12.3. The number of aliphatic hydroxyl groups is 1. The molecule has 1 N–H and O–H groups in total. The zero-order valence-electron chi connectivity index (χ0n) is 9.34. The molecule has 0 atom stereocenters. The minimum absolute atomic E-state index is 0. The molecule has 2 saturated carbocycles. The Morgan fingerprint density at radius 3 is 1.62 bits per heavy atom. The van der Waals surface area contributed by atoms with Crippen LogP contribution in [0.5, 0.6) is 0 Å². The van der Waals surface area contributed by atoms with Gasteiger partial charge in [0.1, 0.15) is 11.4 Å². The van der Waals surface area contributed by atoms with E-state index < -0.39 is 5.60 Å². The van der Waals surface area contributed by atoms with Crippen LogP contribution in [0.15, 0.2) is 0 Å². The predicted molar refractivity (Wildman–Crippen MR) is 60.4 cm³/mol. The van der Waals surface area contributed by atoms with Gasteiger partial charge in [0.2, 0.25) is 0 Å². The van der Waals surface area contributed by atoms with Crippen LogP contribution in [-0.2, 0) is 4.79 Å². The molecule has 4 heteroatoms. The van der Waals surface area contributed by atoms with Crippen molar-refractivity contribution in [1.82, 2.24) is 0 Å². The molecule has 0 spiro atoms. The number of hydrogen-bond donors (Lipinski definition) is 1. The average Bonchev–Trinajstić information content (AvgIpc) is 2.15. The van der Waals surface area contributed by atoms with Gasteiger partial charge in [-0.2, -0.15) is 0 Å². The molecular weight excluding hydrogens is 280 g/mol. The van der Waals surface area contributed by atoms with E-state index in [2.05, 4.69) is 12.3 Å². The van der Waals surface area contributed by atoms with Crippen molar-refractivity contribution in [1.29, 1.82) is 0 Å². The number of rotatable bonds is 0. The molecule has 0 heterocycles. The molecule has 2 fully saturated rings. The summed E-state index contributed by atoms with van der Waals surface area (Å²) < 4.78 is 0. The minimum atomic E-state index is -0.708. The summed E-state index contributed by atoms with van der Waals surface area (Å²) in [5.41, 5.74) is -0.708. The summed E-state index contributed by atoms with van der Waals surface area (Å²) in [7, 11) is 0. The Hall–Kier alpha value is -0.00377. The number of terminal acetylenes is 2. The fourth-order valence-electron chi connectivity index (χ4n) is 0.977. The van der Waals surface area contributed by atoms with E-state index in [1.165, 1.54) is 0 Å². The van der Waals surface area contributed by atoms with E-state index in [4.69, 9.17) is 18.0 Å². The second-order valence-electron chi connectivity index (χ2n) is 3.42. The first kappa shape index (κ1) is 21.3. The maximum atomic E-state index is 9.90. The first-order valence-corrected chi connectivity index (χ1v) is 4.67. The Balaban J connectivity index is -0.000000169. The first-order valence-electron chi connectivity index (χ1n) is 4.67. The smallest absolute Gasteiger partial charge is 1.00 e. The molecule has 0 saturated heterocycles. The molecular formula is C12H15BrMgO2. The van der Waals surface area contributed by atoms with E-state index in [9.17, 15) is 4.79 Å². The van der Waals surface area contributed by atoms with Gasteiger partial charge in [-0.25, -0.2) is 0 Å². The number of Topliss-reactive ketones (excluding diaryl/α,β-unsaturated/α-hetero) is 1. The summed E-state index contributed by atoms with van der Waals surface area (Å²) in [5.74, 6) is 2.77. The third-order valence-electron chi connectivity index (χ3n) is 2.36. The van der Waals surface area contributed by atoms with E-state index in [0.717, 1.165) is 38.5 Å². The van der Waals surface area contributed by atoms with Crippen LogP contribution in [0.2, 0.25) is 0 Å². The number of ketones is 1. The maximum absolute atomic E-state index is 9.90. The van der Waals surface area contributed by atoms with Crippen LogP contribution in [0.3, 0.4) is 0 Å². The van der Waals surface area contributed by atoms with Gasteiger partial charge in [0.25, 0.3) is 0 Å². The summed E-state index contributed by atoms with van der Waals surface area (Å²) in [5, 5.41) is 8.98. The fourth-order valence-corrected chi connectivity index (χ4v) is 0.977. The van der Waals surface area contributed by atoms with Crippen molar-refractivity contribution in [2.75, 3.05) is 0 Å². The second kappa shape index (κ2) is 11.5. The van der Waals surface area contributed by atoms with Gasteiger partial charge in [0, 0.05) is 12.8 Å².